The average Bonchev–Trinajstić information content (AvgIpc) is 2.62. The molecule has 0 unspecified atom stereocenters. The van der Waals surface area contributed by atoms with Crippen LogP contribution in [0.3, 0.4) is 0 Å². The molecule has 0 aromatic heterocycles. The van der Waals surface area contributed by atoms with Crippen LogP contribution in [0.1, 0.15) is 72.1 Å². The van der Waals surface area contributed by atoms with Gasteiger partial charge in [-0.25, -0.2) is 0 Å². The van der Waals surface area contributed by atoms with Crippen LogP contribution in [0.5, 0.6) is 11.5 Å². The number of aromatic carboxylic acids is 1. The summed E-state index contributed by atoms with van der Waals surface area (Å²) in [5, 5.41) is 12.0. The molecule has 0 N–H and O–H groups in total. The molecule has 2 aromatic rings. The van der Waals surface area contributed by atoms with Crippen LogP contribution in [0.4, 0.5) is 0 Å². The van der Waals surface area contributed by atoms with E-state index < -0.39 is 5.97 Å². The Bertz CT molecular complexity index is 783. The van der Waals surface area contributed by atoms with Gasteiger partial charge in [-0.2, -0.15) is 0 Å². The van der Waals surface area contributed by atoms with E-state index in [2.05, 4.69) is 13.8 Å². The number of unbranched alkanes of at least 4 members (excludes halogenated alkanes) is 3. The van der Waals surface area contributed by atoms with Crippen molar-refractivity contribution in [3.05, 3.63) is 58.1 Å². The molecule has 4 heteroatoms. The molecule has 1 heterocycles. The van der Waals surface area contributed by atoms with Gasteiger partial charge in [-0.1, -0.05) is 51.3 Å². The van der Waals surface area contributed by atoms with Crippen LogP contribution in [0.15, 0.2) is 30.3 Å². The first-order chi connectivity index (χ1) is 12.2. The Balaban J connectivity index is 0.00000243. The standard InChI is InChI=1S/C22H26O3.K/c1-3-5-6-7-11-17-15(4-2)14-20-18(21(17)22(23)24)13-16-10-8-9-12-19(16)25-20;/h8-10,12,14H,3-7,11,13H2,1-2H3,(H,23,24);/q;+1/p-1. The molecule has 0 aliphatic carbocycles. The fraction of sp³-hybridized carbons (Fsp3) is 0.409. The number of carboxylic acids is 1. The van der Waals surface area contributed by atoms with Crippen molar-refractivity contribution in [2.75, 3.05) is 0 Å². The van der Waals surface area contributed by atoms with Crippen molar-refractivity contribution in [1.29, 1.82) is 0 Å². The molecule has 0 amide bonds. The van der Waals surface area contributed by atoms with E-state index in [1.165, 1.54) is 12.8 Å². The number of para-hydroxylation sites is 1. The maximum absolute atomic E-state index is 12.0. The number of benzene rings is 2. The maximum atomic E-state index is 12.0. The second-order valence-electron chi connectivity index (χ2n) is 6.70. The molecule has 0 atom stereocenters. The van der Waals surface area contributed by atoms with Gasteiger partial charge in [0.1, 0.15) is 11.5 Å². The summed E-state index contributed by atoms with van der Waals surface area (Å²) in [6.45, 7) is 4.24. The van der Waals surface area contributed by atoms with E-state index in [9.17, 15) is 9.90 Å². The topological polar surface area (TPSA) is 49.4 Å². The number of carboxylic acid groups (broad SMARTS) is 1. The molecule has 3 nitrogen and oxygen atoms in total. The Kier molecular flexibility index (Phi) is 8.36. The van der Waals surface area contributed by atoms with Gasteiger partial charge in [0.2, 0.25) is 0 Å². The third kappa shape index (κ3) is 4.60. The van der Waals surface area contributed by atoms with Crippen molar-refractivity contribution in [1.82, 2.24) is 0 Å². The van der Waals surface area contributed by atoms with Crippen molar-refractivity contribution in [3.63, 3.8) is 0 Å². The van der Waals surface area contributed by atoms with Crippen molar-refractivity contribution < 1.29 is 66.0 Å². The number of ether oxygens (including phenoxy) is 1. The quantitative estimate of drug-likeness (QED) is 0.463. The van der Waals surface area contributed by atoms with E-state index in [1.807, 2.05) is 30.3 Å². The van der Waals surface area contributed by atoms with Gasteiger partial charge in [0, 0.05) is 17.5 Å². The van der Waals surface area contributed by atoms with Gasteiger partial charge in [-0.15, -0.1) is 0 Å². The molecule has 0 saturated carbocycles. The predicted molar refractivity (Wildman–Crippen MR) is 97.3 cm³/mol. The minimum absolute atomic E-state index is 0. The van der Waals surface area contributed by atoms with Crippen molar-refractivity contribution in [3.8, 4) is 11.5 Å². The molecule has 2 aromatic carbocycles. The molecule has 0 bridgehead atoms. The Hall–Kier alpha value is -0.654. The van der Waals surface area contributed by atoms with Crippen LogP contribution in [0.25, 0.3) is 0 Å². The predicted octanol–water partition coefficient (Wildman–Crippen LogP) is 1.44. The number of carbonyl (C=O) groups is 1. The van der Waals surface area contributed by atoms with Crippen molar-refractivity contribution >= 4 is 5.97 Å². The van der Waals surface area contributed by atoms with Gasteiger partial charge in [-0.05, 0) is 48.1 Å². The summed E-state index contributed by atoms with van der Waals surface area (Å²) in [5.74, 6) is 0.407. The molecule has 1 aliphatic rings. The zero-order chi connectivity index (χ0) is 17.8. The third-order valence-electron chi connectivity index (χ3n) is 5.02. The first kappa shape index (κ1) is 21.6. The molecule has 1 aliphatic heterocycles. The summed E-state index contributed by atoms with van der Waals surface area (Å²) in [7, 11) is 0. The van der Waals surface area contributed by atoms with Crippen molar-refractivity contribution in [2.24, 2.45) is 0 Å². The van der Waals surface area contributed by atoms with Crippen LogP contribution in [0, 0.1) is 0 Å². The number of fused-ring (bicyclic) bond motifs is 2. The van der Waals surface area contributed by atoms with Gasteiger partial charge in [-0.3, -0.25) is 0 Å². The smallest absolute Gasteiger partial charge is 0.545 e. The molecule has 132 valence electrons. The minimum Gasteiger partial charge on any atom is -0.545 e. The SMILES string of the molecule is CCCCCCc1c(CC)cc2c(c1C(=O)[O-])Cc1ccccc1O2.[K+]. The molecular weight excluding hydrogens is 351 g/mol. The maximum Gasteiger partial charge on any atom is 1.00 e. The van der Waals surface area contributed by atoms with Gasteiger partial charge >= 0.3 is 51.4 Å². The van der Waals surface area contributed by atoms with Crippen LogP contribution in [-0.4, -0.2) is 5.97 Å². The monoisotopic (exact) mass is 376 g/mol. The molecule has 0 saturated heterocycles. The normalized spacial score (nSPS) is 11.8. The van der Waals surface area contributed by atoms with E-state index in [0.29, 0.717) is 17.7 Å². The Morgan fingerprint density at radius 3 is 2.58 bits per heavy atom. The van der Waals surface area contributed by atoms with E-state index in [1.54, 1.807) is 0 Å². The van der Waals surface area contributed by atoms with E-state index in [0.717, 1.165) is 53.7 Å². The molecule has 0 fully saturated rings. The second-order valence-corrected chi connectivity index (χ2v) is 6.70. The van der Waals surface area contributed by atoms with E-state index in [-0.39, 0.29) is 51.4 Å². The van der Waals surface area contributed by atoms with Crippen LogP contribution in [-0.2, 0) is 19.3 Å². The Morgan fingerprint density at radius 2 is 1.88 bits per heavy atom. The number of rotatable bonds is 7. The fourth-order valence-electron chi connectivity index (χ4n) is 3.70. The summed E-state index contributed by atoms with van der Waals surface area (Å²) in [5.41, 5.74) is 4.16. The van der Waals surface area contributed by atoms with Gasteiger partial charge < -0.3 is 14.6 Å². The molecule has 3 rings (SSSR count). The number of carbonyl (C=O) groups excluding carboxylic acids is 1. The molecule has 26 heavy (non-hydrogen) atoms. The van der Waals surface area contributed by atoms with Gasteiger partial charge in [0.25, 0.3) is 0 Å². The second kappa shape index (κ2) is 10.0. The Morgan fingerprint density at radius 1 is 1.12 bits per heavy atom. The Labute approximate surface area is 198 Å². The molecule has 0 spiro atoms. The van der Waals surface area contributed by atoms with Crippen molar-refractivity contribution in [2.45, 2.75) is 58.8 Å². The first-order valence-electron chi connectivity index (χ1n) is 9.30. The zero-order valence-corrected chi connectivity index (χ0v) is 19.2. The summed E-state index contributed by atoms with van der Waals surface area (Å²) < 4.78 is 6.02. The van der Waals surface area contributed by atoms with Crippen LogP contribution < -0.4 is 61.2 Å². The number of hydrogen-bond donors (Lipinski definition) is 0. The zero-order valence-electron chi connectivity index (χ0n) is 16.1. The average molecular weight is 377 g/mol. The van der Waals surface area contributed by atoms with Crippen LogP contribution in [0.2, 0.25) is 0 Å². The minimum atomic E-state index is -1.08. The largest absolute Gasteiger partial charge is 1.00 e. The number of aryl methyl sites for hydroxylation is 1. The molecule has 0 radical (unpaired) electrons. The summed E-state index contributed by atoms with van der Waals surface area (Å²) in [6, 6.07) is 9.85. The van der Waals surface area contributed by atoms with Crippen LogP contribution >= 0.6 is 0 Å². The van der Waals surface area contributed by atoms with Gasteiger partial charge in [0.15, 0.2) is 0 Å². The summed E-state index contributed by atoms with van der Waals surface area (Å²) in [6.07, 6.45) is 6.66. The number of hydrogen-bond acceptors (Lipinski definition) is 3. The third-order valence-corrected chi connectivity index (χ3v) is 5.02. The van der Waals surface area contributed by atoms with E-state index >= 15 is 0 Å². The van der Waals surface area contributed by atoms with Gasteiger partial charge in [0.05, 0.1) is 5.97 Å². The van der Waals surface area contributed by atoms with E-state index in [4.69, 9.17) is 4.74 Å². The molecular formula is C22H25KO3. The summed E-state index contributed by atoms with van der Waals surface area (Å²) in [4.78, 5) is 12.0. The summed E-state index contributed by atoms with van der Waals surface area (Å²) >= 11 is 0. The first-order valence-corrected chi connectivity index (χ1v) is 9.30. The fourth-order valence-corrected chi connectivity index (χ4v) is 3.70.